The lowest BCUT2D eigenvalue weighted by atomic mass is 10.2. The molecule has 9 nitrogen and oxygen atoms in total. The highest BCUT2D eigenvalue weighted by atomic mass is 32.2. The van der Waals surface area contributed by atoms with Crippen molar-refractivity contribution in [3.63, 3.8) is 0 Å². The van der Waals surface area contributed by atoms with E-state index in [9.17, 15) is 22.8 Å². The molecule has 0 saturated carbocycles. The molecule has 0 aliphatic carbocycles. The first-order chi connectivity index (χ1) is 14.2. The number of fused-ring (bicyclic) bond motifs is 1. The summed E-state index contributed by atoms with van der Waals surface area (Å²) in [7, 11) is -3.13. The Morgan fingerprint density at radius 2 is 2.07 bits per heavy atom. The summed E-state index contributed by atoms with van der Waals surface area (Å²) >= 11 is 0. The lowest BCUT2D eigenvalue weighted by molar-refractivity contribution is -0.160. The minimum Gasteiger partial charge on any atom is -0.453 e. The first-order valence-corrected chi connectivity index (χ1v) is 11.7. The van der Waals surface area contributed by atoms with E-state index in [-0.39, 0.29) is 35.9 Å². The van der Waals surface area contributed by atoms with Crippen LogP contribution in [0.2, 0.25) is 0 Å². The summed E-state index contributed by atoms with van der Waals surface area (Å²) in [5.41, 5.74) is 0.260. The second-order valence-electron chi connectivity index (χ2n) is 7.34. The van der Waals surface area contributed by atoms with E-state index in [1.807, 2.05) is 0 Å². The van der Waals surface area contributed by atoms with E-state index < -0.39 is 27.8 Å². The number of nitrogens with one attached hydrogen (secondary N) is 1. The van der Waals surface area contributed by atoms with Gasteiger partial charge in [-0.1, -0.05) is 12.1 Å². The Morgan fingerprint density at radius 3 is 2.73 bits per heavy atom. The predicted molar refractivity (Wildman–Crippen MR) is 111 cm³/mol. The smallest absolute Gasteiger partial charge is 0.307 e. The van der Waals surface area contributed by atoms with Crippen molar-refractivity contribution in [2.75, 3.05) is 18.1 Å². The highest BCUT2D eigenvalue weighted by Gasteiger charge is 2.36. The van der Waals surface area contributed by atoms with Crippen LogP contribution in [0.15, 0.2) is 29.1 Å². The second kappa shape index (κ2) is 8.95. The van der Waals surface area contributed by atoms with Crippen molar-refractivity contribution in [2.45, 2.75) is 45.3 Å². The quantitative estimate of drug-likeness (QED) is 0.638. The molecular formula is C20H25N3O6S. The summed E-state index contributed by atoms with van der Waals surface area (Å²) < 4.78 is 28.7. The fraction of sp³-hybridized carbons (Fsp3) is 0.500. The second-order valence-corrected chi connectivity index (χ2v) is 9.57. The van der Waals surface area contributed by atoms with Crippen LogP contribution in [0.25, 0.3) is 10.9 Å². The Morgan fingerprint density at radius 1 is 1.33 bits per heavy atom. The molecule has 2 atom stereocenters. The van der Waals surface area contributed by atoms with Gasteiger partial charge in [0.25, 0.3) is 11.5 Å². The number of para-hydroxylation sites is 1. The van der Waals surface area contributed by atoms with Gasteiger partial charge in [0.2, 0.25) is 0 Å². The van der Waals surface area contributed by atoms with Gasteiger partial charge in [0.15, 0.2) is 15.9 Å². The Bertz CT molecular complexity index is 1110. The highest BCUT2D eigenvalue weighted by molar-refractivity contribution is 7.91. The van der Waals surface area contributed by atoms with Crippen LogP contribution in [0.5, 0.6) is 0 Å². The van der Waals surface area contributed by atoms with Crippen LogP contribution in [0.1, 0.15) is 32.5 Å². The van der Waals surface area contributed by atoms with Gasteiger partial charge in [-0.25, -0.2) is 13.4 Å². The minimum atomic E-state index is -3.13. The van der Waals surface area contributed by atoms with Crippen LogP contribution >= 0.6 is 0 Å². The van der Waals surface area contributed by atoms with Crippen LogP contribution in [-0.2, 0) is 30.6 Å². The molecule has 1 saturated heterocycles. The number of likely N-dealkylation sites (N-methyl/N-ethyl adjacent to an activating group) is 1. The number of sulfone groups is 1. The lowest BCUT2D eigenvalue weighted by Gasteiger charge is -2.29. The molecule has 162 valence electrons. The predicted octanol–water partition coefficient (Wildman–Crippen LogP) is 0.823. The molecule has 1 aromatic carbocycles. The van der Waals surface area contributed by atoms with Crippen LogP contribution < -0.4 is 5.56 Å². The molecular weight excluding hydrogens is 410 g/mol. The number of benzene rings is 1. The third-order valence-corrected chi connectivity index (χ3v) is 6.91. The molecule has 2 aromatic rings. The van der Waals surface area contributed by atoms with Crippen LogP contribution in [0.3, 0.4) is 0 Å². The maximum Gasteiger partial charge on any atom is 0.307 e. The number of nitrogens with zero attached hydrogens (tertiary/aromatic N) is 2. The first kappa shape index (κ1) is 21.9. The van der Waals surface area contributed by atoms with Gasteiger partial charge in [0.05, 0.1) is 28.8 Å². The van der Waals surface area contributed by atoms with Crippen LogP contribution in [0, 0.1) is 0 Å². The van der Waals surface area contributed by atoms with Crippen molar-refractivity contribution in [3.05, 3.63) is 40.4 Å². The number of hydrogen-bond acceptors (Lipinski definition) is 7. The summed E-state index contributed by atoms with van der Waals surface area (Å²) in [6.07, 6.45) is -0.519. The zero-order valence-electron chi connectivity index (χ0n) is 17.0. The van der Waals surface area contributed by atoms with E-state index >= 15 is 0 Å². The van der Waals surface area contributed by atoms with Crippen molar-refractivity contribution in [3.8, 4) is 0 Å². The maximum absolute atomic E-state index is 12.7. The van der Waals surface area contributed by atoms with Crippen molar-refractivity contribution >= 4 is 32.6 Å². The third-order valence-electron chi connectivity index (χ3n) is 5.16. The summed E-state index contributed by atoms with van der Waals surface area (Å²) in [5.74, 6) is -0.645. The molecule has 30 heavy (non-hydrogen) atoms. The molecule has 1 aliphatic heterocycles. The molecule has 0 spiro atoms. The molecule has 1 aromatic heterocycles. The largest absolute Gasteiger partial charge is 0.453 e. The number of aromatic nitrogens is 2. The highest BCUT2D eigenvalue weighted by Crippen LogP contribution is 2.19. The van der Waals surface area contributed by atoms with Crippen LogP contribution in [0.4, 0.5) is 0 Å². The SMILES string of the molecule is CCN(C(=O)[C@H](C)OC(=O)CCc1nc2ccccc2c(=O)[nH]1)[C@H]1CCS(=O)(=O)C1. The van der Waals surface area contributed by atoms with Gasteiger partial charge in [-0.05, 0) is 32.4 Å². The molecule has 0 radical (unpaired) electrons. The normalized spacial score (nSPS) is 18.8. The van der Waals surface area contributed by atoms with E-state index in [2.05, 4.69) is 9.97 Å². The molecule has 0 unspecified atom stereocenters. The number of aryl methyl sites for hydroxylation is 1. The fourth-order valence-electron chi connectivity index (χ4n) is 3.63. The molecule has 10 heteroatoms. The first-order valence-electron chi connectivity index (χ1n) is 9.88. The molecule has 1 N–H and O–H groups in total. The summed E-state index contributed by atoms with van der Waals surface area (Å²) in [4.78, 5) is 45.4. The van der Waals surface area contributed by atoms with Crippen LogP contribution in [-0.4, -0.2) is 65.4 Å². The summed E-state index contributed by atoms with van der Waals surface area (Å²) in [6, 6.07) is 6.52. The molecule has 1 aliphatic rings. The van der Waals surface area contributed by atoms with Gasteiger partial charge >= 0.3 is 5.97 Å². The van der Waals surface area contributed by atoms with Crippen molar-refractivity contribution < 1.29 is 22.7 Å². The Balaban J connectivity index is 1.57. The number of rotatable bonds is 7. The Labute approximate surface area is 174 Å². The number of ether oxygens (including phenoxy) is 1. The number of hydrogen-bond donors (Lipinski definition) is 1. The van der Waals surface area contributed by atoms with E-state index in [4.69, 9.17) is 4.74 Å². The molecule has 1 amide bonds. The van der Waals surface area contributed by atoms with Gasteiger partial charge < -0.3 is 14.6 Å². The monoisotopic (exact) mass is 435 g/mol. The van der Waals surface area contributed by atoms with Gasteiger partial charge in [0, 0.05) is 19.0 Å². The minimum absolute atomic E-state index is 0.0527. The van der Waals surface area contributed by atoms with Gasteiger partial charge in [-0.2, -0.15) is 0 Å². The van der Waals surface area contributed by atoms with Gasteiger partial charge in [0.1, 0.15) is 5.82 Å². The standard InChI is InChI=1S/C20H25N3O6S/c1-3-23(14-10-11-30(27,28)12-14)20(26)13(2)29-18(24)9-8-17-21-16-7-5-4-6-15(16)19(25)22-17/h4-7,13-14H,3,8-12H2,1-2H3,(H,21,22,25)/t13-,14-/m0/s1. The average molecular weight is 436 g/mol. The van der Waals surface area contributed by atoms with Crippen molar-refractivity contribution in [1.29, 1.82) is 0 Å². The van der Waals surface area contributed by atoms with E-state index in [1.54, 1.807) is 31.2 Å². The number of carbonyl (C=O) groups is 2. The molecule has 0 bridgehead atoms. The Kier molecular flexibility index (Phi) is 6.55. The maximum atomic E-state index is 12.7. The number of esters is 1. The summed E-state index contributed by atoms with van der Waals surface area (Å²) in [5, 5.41) is 0.469. The number of aromatic amines is 1. The zero-order valence-corrected chi connectivity index (χ0v) is 17.8. The van der Waals surface area contributed by atoms with Gasteiger partial charge in [-0.15, -0.1) is 0 Å². The zero-order chi connectivity index (χ0) is 21.9. The molecule has 1 fully saturated rings. The topological polar surface area (TPSA) is 126 Å². The van der Waals surface area contributed by atoms with E-state index in [0.717, 1.165) is 0 Å². The number of carbonyl (C=O) groups excluding carboxylic acids is 2. The third kappa shape index (κ3) is 5.05. The summed E-state index contributed by atoms with van der Waals surface area (Å²) in [6.45, 7) is 3.57. The fourth-order valence-corrected chi connectivity index (χ4v) is 5.36. The van der Waals surface area contributed by atoms with Crippen molar-refractivity contribution in [1.82, 2.24) is 14.9 Å². The van der Waals surface area contributed by atoms with Gasteiger partial charge in [-0.3, -0.25) is 14.4 Å². The van der Waals surface area contributed by atoms with E-state index in [0.29, 0.717) is 29.7 Å². The van der Waals surface area contributed by atoms with Crippen molar-refractivity contribution in [2.24, 2.45) is 0 Å². The number of amides is 1. The molecule has 3 rings (SSSR count). The lowest BCUT2D eigenvalue weighted by Crippen LogP contribution is -2.46. The number of H-pyrrole nitrogens is 1. The Hall–Kier alpha value is -2.75. The molecule has 2 heterocycles. The van der Waals surface area contributed by atoms with E-state index in [1.165, 1.54) is 11.8 Å². The average Bonchev–Trinajstić information content (AvgIpc) is 3.06.